The van der Waals surface area contributed by atoms with Crippen LogP contribution in [0.2, 0.25) is 4.34 Å². The minimum atomic E-state index is -3.89. The summed E-state index contributed by atoms with van der Waals surface area (Å²) in [5, 5.41) is 10.7. The van der Waals surface area contributed by atoms with Crippen LogP contribution in [0.5, 0.6) is 0 Å². The lowest BCUT2D eigenvalue weighted by molar-refractivity contribution is -0.384. The quantitative estimate of drug-likeness (QED) is 0.686. The molecule has 0 amide bonds. The molecule has 6 nitrogen and oxygen atoms in total. The summed E-state index contributed by atoms with van der Waals surface area (Å²) >= 11 is 6.31. The average Bonchev–Trinajstić information content (AvgIpc) is 2.75. The number of rotatable bonds is 4. The number of halogens is 1. The van der Waals surface area contributed by atoms with E-state index in [0.717, 1.165) is 11.6 Å². The van der Waals surface area contributed by atoms with E-state index in [0.29, 0.717) is 17.0 Å². The Morgan fingerprint density at radius 3 is 2.55 bits per heavy atom. The Balaban J connectivity index is 2.39. The fourth-order valence-electron chi connectivity index (χ4n) is 1.48. The van der Waals surface area contributed by atoms with E-state index in [1.54, 1.807) is 31.2 Å². The van der Waals surface area contributed by atoms with Gasteiger partial charge in [0.05, 0.1) is 10.6 Å². The Morgan fingerprint density at radius 1 is 1.35 bits per heavy atom. The van der Waals surface area contributed by atoms with Gasteiger partial charge in [-0.05, 0) is 18.6 Å². The monoisotopic (exact) mass is 332 g/mol. The molecule has 9 heteroatoms. The van der Waals surface area contributed by atoms with Crippen LogP contribution in [0.1, 0.15) is 5.56 Å². The number of aryl methyl sites for hydroxylation is 1. The number of thiophene rings is 1. The van der Waals surface area contributed by atoms with Gasteiger partial charge < -0.3 is 0 Å². The van der Waals surface area contributed by atoms with Gasteiger partial charge in [0.25, 0.3) is 15.7 Å². The lowest BCUT2D eigenvalue weighted by Gasteiger charge is -2.08. The van der Waals surface area contributed by atoms with Crippen LogP contribution in [-0.2, 0) is 10.0 Å². The number of hydrogen-bond donors (Lipinski definition) is 1. The van der Waals surface area contributed by atoms with Gasteiger partial charge in [-0.3, -0.25) is 14.8 Å². The molecule has 1 aromatic carbocycles. The van der Waals surface area contributed by atoms with Crippen molar-refractivity contribution in [3.05, 3.63) is 50.3 Å². The number of nitrogens with zero attached hydrogens (tertiary/aromatic N) is 1. The van der Waals surface area contributed by atoms with Crippen LogP contribution in [0.15, 0.2) is 34.5 Å². The number of hydrogen-bond acceptors (Lipinski definition) is 5. The zero-order valence-corrected chi connectivity index (χ0v) is 12.6. The van der Waals surface area contributed by atoms with E-state index >= 15 is 0 Å². The van der Waals surface area contributed by atoms with Crippen molar-refractivity contribution >= 4 is 44.3 Å². The summed E-state index contributed by atoms with van der Waals surface area (Å²) in [6.45, 7) is 1.75. The number of sulfonamides is 1. The SMILES string of the molecule is Cc1ccccc1NS(=O)(=O)c1cc([N+](=O)[O-])c(Cl)s1. The van der Waals surface area contributed by atoms with Crippen molar-refractivity contribution in [1.82, 2.24) is 0 Å². The second-order valence-electron chi connectivity index (χ2n) is 3.90. The van der Waals surface area contributed by atoms with E-state index in [4.69, 9.17) is 11.6 Å². The van der Waals surface area contributed by atoms with Crippen molar-refractivity contribution in [2.24, 2.45) is 0 Å². The molecule has 20 heavy (non-hydrogen) atoms. The largest absolute Gasteiger partial charge is 0.300 e. The molecule has 106 valence electrons. The highest BCUT2D eigenvalue weighted by Gasteiger charge is 2.25. The molecule has 0 spiro atoms. The van der Waals surface area contributed by atoms with Gasteiger partial charge in [-0.1, -0.05) is 29.8 Å². The van der Waals surface area contributed by atoms with Crippen molar-refractivity contribution in [2.45, 2.75) is 11.1 Å². The second kappa shape index (κ2) is 5.39. The molecule has 2 aromatic rings. The summed E-state index contributed by atoms with van der Waals surface area (Å²) in [5.41, 5.74) is 0.745. The van der Waals surface area contributed by atoms with E-state index in [2.05, 4.69) is 4.72 Å². The van der Waals surface area contributed by atoms with Gasteiger partial charge in [0.1, 0.15) is 4.21 Å². The molecule has 0 aliphatic heterocycles. The summed E-state index contributed by atoms with van der Waals surface area (Å²) < 4.78 is 26.3. The van der Waals surface area contributed by atoms with Gasteiger partial charge in [0, 0.05) is 6.07 Å². The zero-order chi connectivity index (χ0) is 14.9. The number of para-hydroxylation sites is 1. The summed E-state index contributed by atoms with van der Waals surface area (Å²) in [5.74, 6) is 0. The first-order valence-corrected chi connectivity index (χ1v) is 8.01. The maximum Gasteiger partial charge on any atom is 0.300 e. The van der Waals surface area contributed by atoms with Crippen molar-refractivity contribution in [3.8, 4) is 0 Å². The van der Waals surface area contributed by atoms with E-state index in [-0.39, 0.29) is 8.55 Å². The minimum absolute atomic E-state index is 0.167. The highest BCUT2D eigenvalue weighted by molar-refractivity contribution is 7.94. The van der Waals surface area contributed by atoms with Crippen LogP contribution < -0.4 is 4.72 Å². The van der Waals surface area contributed by atoms with Crippen LogP contribution in [0.4, 0.5) is 11.4 Å². The van der Waals surface area contributed by atoms with Crippen molar-refractivity contribution in [3.63, 3.8) is 0 Å². The van der Waals surface area contributed by atoms with E-state index in [1.165, 1.54) is 0 Å². The van der Waals surface area contributed by atoms with E-state index in [1.807, 2.05) is 0 Å². The summed E-state index contributed by atoms with van der Waals surface area (Å²) in [6, 6.07) is 7.78. The molecule has 1 N–H and O–H groups in total. The van der Waals surface area contributed by atoms with Crippen LogP contribution in [0.25, 0.3) is 0 Å². The Bertz CT molecular complexity index is 770. The zero-order valence-electron chi connectivity index (χ0n) is 10.2. The van der Waals surface area contributed by atoms with E-state index < -0.39 is 20.6 Å². The number of anilines is 1. The molecule has 0 radical (unpaired) electrons. The Hall–Kier alpha value is -1.64. The van der Waals surface area contributed by atoms with Crippen molar-refractivity contribution < 1.29 is 13.3 Å². The molecule has 1 aromatic heterocycles. The first kappa shape index (κ1) is 14.8. The lowest BCUT2D eigenvalue weighted by Crippen LogP contribution is -2.12. The molecule has 0 aliphatic rings. The Kier molecular flexibility index (Phi) is 3.98. The standard InChI is InChI=1S/C11H9ClN2O4S2/c1-7-4-2-3-5-8(7)13-20(17,18)10-6-9(14(15)16)11(12)19-10/h2-6,13H,1H3. The highest BCUT2D eigenvalue weighted by Crippen LogP contribution is 2.37. The maximum atomic E-state index is 12.2. The maximum absolute atomic E-state index is 12.2. The first-order chi connectivity index (χ1) is 9.31. The van der Waals surface area contributed by atoms with Gasteiger partial charge in [-0.15, -0.1) is 11.3 Å². The Morgan fingerprint density at radius 2 is 2.00 bits per heavy atom. The fourth-order valence-corrected chi connectivity index (χ4v) is 4.27. The number of benzene rings is 1. The topological polar surface area (TPSA) is 89.3 Å². The third kappa shape index (κ3) is 2.92. The molecule has 0 bridgehead atoms. The van der Waals surface area contributed by atoms with Gasteiger partial charge in [-0.25, -0.2) is 8.42 Å². The molecular weight excluding hydrogens is 324 g/mol. The molecule has 0 saturated carbocycles. The van der Waals surface area contributed by atoms with Gasteiger partial charge in [0.2, 0.25) is 0 Å². The average molecular weight is 333 g/mol. The molecule has 0 atom stereocenters. The van der Waals surface area contributed by atoms with Crippen molar-refractivity contribution in [1.29, 1.82) is 0 Å². The van der Waals surface area contributed by atoms with E-state index in [9.17, 15) is 18.5 Å². The minimum Gasteiger partial charge on any atom is -0.279 e. The summed E-state index contributed by atoms with van der Waals surface area (Å²) in [7, 11) is -3.89. The number of nitrogens with one attached hydrogen (secondary N) is 1. The smallest absolute Gasteiger partial charge is 0.279 e. The van der Waals surface area contributed by atoms with Crippen LogP contribution >= 0.6 is 22.9 Å². The highest BCUT2D eigenvalue weighted by atomic mass is 35.5. The molecule has 0 fully saturated rings. The second-order valence-corrected chi connectivity index (χ2v) is 7.47. The van der Waals surface area contributed by atoms with Gasteiger partial charge in [-0.2, -0.15) is 0 Å². The normalized spacial score (nSPS) is 11.3. The molecule has 0 saturated heterocycles. The molecule has 0 unspecified atom stereocenters. The lowest BCUT2D eigenvalue weighted by atomic mass is 10.2. The predicted molar refractivity (Wildman–Crippen MR) is 78.0 cm³/mol. The van der Waals surface area contributed by atoms with Crippen molar-refractivity contribution in [2.75, 3.05) is 4.72 Å². The van der Waals surface area contributed by atoms with Gasteiger partial charge in [0.15, 0.2) is 4.34 Å². The third-order valence-electron chi connectivity index (χ3n) is 2.50. The van der Waals surface area contributed by atoms with Crippen LogP contribution in [0, 0.1) is 17.0 Å². The predicted octanol–water partition coefficient (Wildman–Crippen LogP) is 3.42. The number of nitro groups is 1. The first-order valence-electron chi connectivity index (χ1n) is 5.33. The summed E-state index contributed by atoms with van der Waals surface area (Å²) in [6.07, 6.45) is 0. The fraction of sp³-hybridized carbons (Fsp3) is 0.0909. The molecule has 2 rings (SSSR count). The molecular formula is C11H9ClN2O4S2. The molecule has 1 heterocycles. The van der Waals surface area contributed by atoms with Crippen LogP contribution in [0.3, 0.4) is 0 Å². The van der Waals surface area contributed by atoms with Gasteiger partial charge >= 0.3 is 0 Å². The van der Waals surface area contributed by atoms with Crippen LogP contribution in [-0.4, -0.2) is 13.3 Å². The summed E-state index contributed by atoms with van der Waals surface area (Å²) in [4.78, 5) is 9.97. The Labute approximate surface area is 124 Å². The molecule has 0 aliphatic carbocycles. The third-order valence-corrected chi connectivity index (χ3v) is 5.67.